The highest BCUT2D eigenvalue weighted by Crippen LogP contribution is 2.17. The second-order valence-electron chi connectivity index (χ2n) is 4.44. The van der Waals surface area contributed by atoms with Crippen LogP contribution in [0.3, 0.4) is 0 Å². The Balaban J connectivity index is 1.75. The summed E-state index contributed by atoms with van der Waals surface area (Å²) in [6, 6.07) is 8.18. The second-order valence-corrected chi connectivity index (χ2v) is 4.44. The minimum Gasteiger partial charge on any atom is -0.494 e. The van der Waals surface area contributed by atoms with E-state index < -0.39 is 0 Å². The van der Waals surface area contributed by atoms with E-state index in [0.29, 0.717) is 0 Å². The van der Waals surface area contributed by atoms with Gasteiger partial charge >= 0.3 is 0 Å². The summed E-state index contributed by atoms with van der Waals surface area (Å²) in [7, 11) is 0. The highest BCUT2D eigenvalue weighted by Gasteiger charge is 2.10. The molecule has 0 amide bonds. The van der Waals surface area contributed by atoms with E-state index in [9.17, 15) is 0 Å². The van der Waals surface area contributed by atoms with Gasteiger partial charge in [0.05, 0.1) is 6.61 Å². The fraction of sp³-hybridized carbons (Fsp3) is 0.571. The number of anilines is 1. The molecule has 3 nitrogen and oxygen atoms in total. The molecule has 0 aliphatic carbocycles. The molecule has 2 rings (SSSR count). The van der Waals surface area contributed by atoms with Gasteiger partial charge in [0.2, 0.25) is 0 Å². The molecule has 0 radical (unpaired) electrons. The molecule has 1 aromatic rings. The van der Waals surface area contributed by atoms with Gasteiger partial charge in [0.15, 0.2) is 0 Å². The Bertz CT molecular complexity index is 335. The van der Waals surface area contributed by atoms with Crippen molar-refractivity contribution in [3.63, 3.8) is 0 Å². The van der Waals surface area contributed by atoms with Crippen LogP contribution >= 0.6 is 0 Å². The van der Waals surface area contributed by atoms with Crippen LogP contribution in [-0.2, 0) is 0 Å². The zero-order chi connectivity index (χ0) is 11.9. The van der Waals surface area contributed by atoms with Crippen LogP contribution in [0.1, 0.15) is 19.8 Å². The summed E-state index contributed by atoms with van der Waals surface area (Å²) in [4.78, 5) is 2.51. The van der Waals surface area contributed by atoms with Crippen molar-refractivity contribution in [1.82, 2.24) is 4.90 Å². The van der Waals surface area contributed by atoms with Crippen LogP contribution in [0.5, 0.6) is 5.75 Å². The van der Waals surface area contributed by atoms with Gasteiger partial charge in [0.1, 0.15) is 5.75 Å². The van der Waals surface area contributed by atoms with E-state index in [0.717, 1.165) is 31.1 Å². The second kappa shape index (κ2) is 6.50. The molecule has 0 atom stereocenters. The topological polar surface area (TPSA) is 24.5 Å². The molecule has 0 unspecified atom stereocenters. The van der Waals surface area contributed by atoms with Crippen LogP contribution in [0.2, 0.25) is 0 Å². The Morgan fingerprint density at radius 2 is 2.12 bits per heavy atom. The molecule has 0 aromatic heterocycles. The molecule has 0 spiro atoms. The summed E-state index contributed by atoms with van der Waals surface area (Å²) in [6.45, 7) is 7.40. The average molecular weight is 234 g/mol. The van der Waals surface area contributed by atoms with Gasteiger partial charge in [0, 0.05) is 24.8 Å². The molecule has 0 saturated carbocycles. The smallest absolute Gasteiger partial charge is 0.121 e. The quantitative estimate of drug-likeness (QED) is 0.819. The maximum absolute atomic E-state index is 5.48. The maximum Gasteiger partial charge on any atom is 0.121 e. The molecule has 1 aromatic carbocycles. The molecule has 0 bridgehead atoms. The molecular formula is C14H22N2O. The Morgan fingerprint density at radius 1 is 1.29 bits per heavy atom. The monoisotopic (exact) mass is 234 g/mol. The lowest BCUT2D eigenvalue weighted by molar-refractivity contribution is 0.340. The Morgan fingerprint density at radius 3 is 2.88 bits per heavy atom. The highest BCUT2D eigenvalue weighted by molar-refractivity contribution is 5.48. The van der Waals surface area contributed by atoms with Crippen molar-refractivity contribution >= 4 is 5.69 Å². The SMILES string of the molecule is CCOc1cccc(NCCN2CCCC2)c1. The van der Waals surface area contributed by atoms with Crippen LogP contribution in [0, 0.1) is 0 Å². The average Bonchev–Trinajstić information content (AvgIpc) is 2.83. The summed E-state index contributed by atoms with van der Waals surface area (Å²) in [6.07, 6.45) is 2.72. The van der Waals surface area contributed by atoms with Gasteiger partial charge in [-0.15, -0.1) is 0 Å². The predicted molar refractivity (Wildman–Crippen MR) is 71.8 cm³/mol. The minimum absolute atomic E-state index is 0.719. The van der Waals surface area contributed by atoms with E-state index in [2.05, 4.69) is 22.3 Å². The summed E-state index contributed by atoms with van der Waals surface area (Å²) < 4.78 is 5.48. The first-order valence-electron chi connectivity index (χ1n) is 6.57. The highest BCUT2D eigenvalue weighted by atomic mass is 16.5. The van der Waals surface area contributed by atoms with E-state index >= 15 is 0 Å². The summed E-state index contributed by atoms with van der Waals surface area (Å²) in [5, 5.41) is 3.45. The molecule has 1 aliphatic heterocycles. The van der Waals surface area contributed by atoms with Crippen molar-refractivity contribution in [3.05, 3.63) is 24.3 Å². The zero-order valence-electron chi connectivity index (χ0n) is 10.6. The minimum atomic E-state index is 0.719. The Kier molecular flexibility index (Phi) is 4.68. The van der Waals surface area contributed by atoms with Crippen LogP contribution in [0.25, 0.3) is 0 Å². The number of benzene rings is 1. The molecular weight excluding hydrogens is 212 g/mol. The standard InChI is InChI=1S/C14H22N2O/c1-2-17-14-7-5-6-13(12-14)15-8-11-16-9-3-4-10-16/h5-7,12,15H,2-4,8-11H2,1H3. The van der Waals surface area contributed by atoms with Crippen molar-refractivity contribution in [2.75, 3.05) is 38.1 Å². The van der Waals surface area contributed by atoms with Crippen molar-refractivity contribution in [1.29, 1.82) is 0 Å². The maximum atomic E-state index is 5.48. The first-order chi connectivity index (χ1) is 8.38. The lowest BCUT2D eigenvalue weighted by Crippen LogP contribution is -2.25. The van der Waals surface area contributed by atoms with Crippen LogP contribution in [0.4, 0.5) is 5.69 Å². The first kappa shape index (κ1) is 12.2. The third-order valence-electron chi connectivity index (χ3n) is 3.10. The molecule has 3 heteroatoms. The molecule has 1 fully saturated rings. The van der Waals surface area contributed by atoms with Gasteiger partial charge in [-0.1, -0.05) is 6.07 Å². The lowest BCUT2D eigenvalue weighted by Gasteiger charge is -2.15. The van der Waals surface area contributed by atoms with Gasteiger partial charge in [-0.25, -0.2) is 0 Å². The third-order valence-corrected chi connectivity index (χ3v) is 3.10. The number of nitrogens with one attached hydrogen (secondary N) is 1. The molecule has 1 N–H and O–H groups in total. The van der Waals surface area contributed by atoms with E-state index in [1.807, 2.05) is 19.1 Å². The lowest BCUT2D eigenvalue weighted by atomic mass is 10.3. The summed E-state index contributed by atoms with van der Waals surface area (Å²) in [5.74, 6) is 0.943. The fourth-order valence-corrected chi connectivity index (χ4v) is 2.23. The zero-order valence-corrected chi connectivity index (χ0v) is 10.6. The molecule has 94 valence electrons. The summed E-state index contributed by atoms with van der Waals surface area (Å²) >= 11 is 0. The number of hydrogen-bond donors (Lipinski definition) is 1. The predicted octanol–water partition coefficient (Wildman–Crippen LogP) is 2.59. The number of nitrogens with zero attached hydrogens (tertiary/aromatic N) is 1. The first-order valence-corrected chi connectivity index (χ1v) is 6.57. The van der Waals surface area contributed by atoms with Crippen molar-refractivity contribution in [3.8, 4) is 5.75 Å². The van der Waals surface area contributed by atoms with Gasteiger partial charge in [0.25, 0.3) is 0 Å². The van der Waals surface area contributed by atoms with Crippen molar-refractivity contribution in [2.45, 2.75) is 19.8 Å². The number of ether oxygens (including phenoxy) is 1. The van der Waals surface area contributed by atoms with E-state index in [4.69, 9.17) is 4.74 Å². The van der Waals surface area contributed by atoms with Crippen LogP contribution in [-0.4, -0.2) is 37.7 Å². The number of hydrogen-bond acceptors (Lipinski definition) is 3. The van der Waals surface area contributed by atoms with Crippen LogP contribution in [0.15, 0.2) is 24.3 Å². The molecule has 1 heterocycles. The van der Waals surface area contributed by atoms with Gasteiger partial charge < -0.3 is 15.0 Å². The molecule has 1 aliphatic rings. The molecule has 17 heavy (non-hydrogen) atoms. The molecule has 1 saturated heterocycles. The van der Waals surface area contributed by atoms with E-state index in [1.54, 1.807) is 0 Å². The van der Waals surface area contributed by atoms with Crippen molar-refractivity contribution < 1.29 is 4.74 Å². The Hall–Kier alpha value is -1.22. The van der Waals surface area contributed by atoms with Crippen LogP contribution < -0.4 is 10.1 Å². The van der Waals surface area contributed by atoms with E-state index in [1.165, 1.54) is 25.9 Å². The third kappa shape index (κ3) is 3.93. The number of rotatable bonds is 6. The van der Waals surface area contributed by atoms with Gasteiger partial charge in [-0.05, 0) is 45.0 Å². The normalized spacial score (nSPS) is 16.1. The summed E-state index contributed by atoms with van der Waals surface area (Å²) in [5.41, 5.74) is 1.15. The fourth-order valence-electron chi connectivity index (χ4n) is 2.23. The number of likely N-dealkylation sites (tertiary alicyclic amines) is 1. The largest absolute Gasteiger partial charge is 0.494 e. The van der Waals surface area contributed by atoms with E-state index in [-0.39, 0.29) is 0 Å². The Labute approximate surface area is 104 Å². The van der Waals surface area contributed by atoms with Crippen molar-refractivity contribution in [2.24, 2.45) is 0 Å². The van der Waals surface area contributed by atoms with Gasteiger partial charge in [-0.2, -0.15) is 0 Å². The van der Waals surface area contributed by atoms with Gasteiger partial charge in [-0.3, -0.25) is 0 Å².